The average molecular weight is 305 g/mol. The zero-order chi connectivity index (χ0) is 13.4. The molecule has 1 nitrogen and oxygen atoms in total. The van der Waals surface area contributed by atoms with Crippen LogP contribution in [-0.4, -0.2) is 23.5 Å². The number of ether oxygens (including phenoxy) is 1. The van der Waals surface area contributed by atoms with E-state index in [2.05, 4.69) is 6.92 Å². The topological polar surface area (TPSA) is 9.23 Å². The minimum Gasteiger partial charge on any atom is -0.377 e. The van der Waals surface area contributed by atoms with E-state index in [-0.39, 0.29) is 5.38 Å². The van der Waals surface area contributed by atoms with Crippen molar-refractivity contribution in [3.05, 3.63) is 0 Å². The van der Waals surface area contributed by atoms with E-state index >= 15 is 0 Å². The molecule has 0 aromatic carbocycles. The highest BCUT2D eigenvalue weighted by atomic mass is 35.5. The summed E-state index contributed by atoms with van der Waals surface area (Å²) in [5, 5.41) is 0.661. The molecule has 3 rings (SSSR count). The molecule has 0 spiro atoms. The van der Waals surface area contributed by atoms with Gasteiger partial charge in [-0.15, -0.1) is 23.2 Å². The van der Waals surface area contributed by atoms with Crippen molar-refractivity contribution >= 4 is 23.2 Å². The van der Waals surface area contributed by atoms with E-state index in [9.17, 15) is 0 Å². The normalized spacial score (nSPS) is 47.8. The number of hydrogen-bond donors (Lipinski definition) is 0. The molecule has 3 aliphatic carbocycles. The summed E-state index contributed by atoms with van der Waals surface area (Å²) < 4.78 is 6.08. The van der Waals surface area contributed by atoms with E-state index in [4.69, 9.17) is 27.9 Å². The summed E-state index contributed by atoms with van der Waals surface area (Å²) in [6.07, 6.45) is 9.07. The lowest BCUT2D eigenvalue weighted by Gasteiger charge is -2.29. The molecule has 3 heteroatoms. The Balaban J connectivity index is 1.48. The highest BCUT2D eigenvalue weighted by Crippen LogP contribution is 2.61. The molecule has 0 aromatic rings. The molecule has 0 amide bonds. The summed E-state index contributed by atoms with van der Waals surface area (Å²) in [4.78, 5) is 0. The third kappa shape index (κ3) is 2.68. The number of fused-ring (bicyclic) bond motifs is 5. The van der Waals surface area contributed by atoms with Gasteiger partial charge in [-0.2, -0.15) is 0 Å². The molecular weight excluding hydrogens is 279 g/mol. The molecule has 0 saturated heterocycles. The third-order valence-electron chi connectivity index (χ3n) is 5.71. The number of hydrogen-bond acceptors (Lipinski definition) is 1. The van der Waals surface area contributed by atoms with Gasteiger partial charge in [0.2, 0.25) is 0 Å². The van der Waals surface area contributed by atoms with Crippen molar-refractivity contribution < 1.29 is 4.74 Å². The van der Waals surface area contributed by atoms with Gasteiger partial charge in [-0.05, 0) is 49.4 Å². The first kappa shape index (κ1) is 14.5. The van der Waals surface area contributed by atoms with Gasteiger partial charge < -0.3 is 4.74 Å². The fourth-order valence-electron chi connectivity index (χ4n) is 4.85. The van der Waals surface area contributed by atoms with Gasteiger partial charge in [-0.25, -0.2) is 0 Å². The van der Waals surface area contributed by atoms with E-state index in [1.807, 2.05) is 0 Å². The Kier molecular flexibility index (Phi) is 4.66. The minimum absolute atomic E-state index is 0.246. The van der Waals surface area contributed by atoms with Crippen LogP contribution in [0.5, 0.6) is 0 Å². The Labute approximate surface area is 127 Å². The molecular formula is C16H26Cl2O. The van der Waals surface area contributed by atoms with Crippen LogP contribution in [0.15, 0.2) is 0 Å². The SMILES string of the molecule is CCCCCCOC1CC2C3CC(CC3Cl)C2C1Cl. The highest BCUT2D eigenvalue weighted by Gasteiger charge is 2.59. The van der Waals surface area contributed by atoms with E-state index < -0.39 is 0 Å². The first-order valence-electron chi connectivity index (χ1n) is 8.12. The zero-order valence-corrected chi connectivity index (χ0v) is 13.4. The maximum Gasteiger partial charge on any atom is 0.0744 e. The Morgan fingerprint density at radius 1 is 1.00 bits per heavy atom. The number of unbranched alkanes of at least 4 members (excludes halogenated alkanes) is 3. The quantitative estimate of drug-likeness (QED) is 0.504. The van der Waals surface area contributed by atoms with Gasteiger partial charge in [0.15, 0.2) is 0 Å². The lowest BCUT2D eigenvalue weighted by Crippen LogP contribution is -2.29. The van der Waals surface area contributed by atoms with Crippen LogP contribution in [0, 0.1) is 23.7 Å². The van der Waals surface area contributed by atoms with Crippen molar-refractivity contribution in [3.63, 3.8) is 0 Å². The molecule has 19 heavy (non-hydrogen) atoms. The van der Waals surface area contributed by atoms with Crippen molar-refractivity contribution in [1.82, 2.24) is 0 Å². The fraction of sp³-hybridized carbons (Fsp3) is 1.00. The molecule has 110 valence electrons. The van der Waals surface area contributed by atoms with Crippen molar-refractivity contribution in [3.8, 4) is 0 Å². The second kappa shape index (κ2) is 6.12. The summed E-state index contributed by atoms with van der Waals surface area (Å²) in [6.45, 7) is 3.14. The molecule has 0 aromatic heterocycles. The van der Waals surface area contributed by atoms with Crippen LogP contribution >= 0.6 is 23.2 Å². The van der Waals surface area contributed by atoms with Crippen LogP contribution in [0.1, 0.15) is 51.9 Å². The number of rotatable bonds is 6. The predicted molar refractivity (Wildman–Crippen MR) is 81.0 cm³/mol. The molecule has 7 atom stereocenters. The van der Waals surface area contributed by atoms with E-state index in [0.717, 1.165) is 30.8 Å². The summed E-state index contributed by atoms with van der Waals surface area (Å²) >= 11 is 13.1. The Morgan fingerprint density at radius 3 is 2.63 bits per heavy atom. The minimum atomic E-state index is 0.246. The molecule has 2 bridgehead atoms. The molecule has 3 fully saturated rings. The lowest BCUT2D eigenvalue weighted by molar-refractivity contribution is 0.0501. The Bertz CT molecular complexity index is 309. The van der Waals surface area contributed by atoms with Gasteiger partial charge in [-0.1, -0.05) is 26.2 Å². The predicted octanol–water partition coefficient (Wildman–Crippen LogP) is 4.84. The molecule has 0 aliphatic heterocycles. The van der Waals surface area contributed by atoms with Gasteiger partial charge in [0.25, 0.3) is 0 Å². The van der Waals surface area contributed by atoms with Crippen LogP contribution in [0.3, 0.4) is 0 Å². The van der Waals surface area contributed by atoms with Gasteiger partial charge in [0.1, 0.15) is 0 Å². The average Bonchev–Trinajstić information content (AvgIpc) is 3.01. The second-order valence-electron chi connectivity index (χ2n) is 6.80. The van der Waals surface area contributed by atoms with Gasteiger partial charge in [-0.3, -0.25) is 0 Å². The smallest absolute Gasteiger partial charge is 0.0744 e. The lowest BCUT2D eigenvalue weighted by atomic mass is 9.81. The Hall–Kier alpha value is 0.540. The highest BCUT2D eigenvalue weighted by molar-refractivity contribution is 6.22. The van der Waals surface area contributed by atoms with Gasteiger partial charge in [0, 0.05) is 12.0 Å². The maximum absolute atomic E-state index is 6.69. The second-order valence-corrected chi connectivity index (χ2v) is 7.87. The summed E-state index contributed by atoms with van der Waals surface area (Å²) in [5.41, 5.74) is 0. The molecule has 3 aliphatic rings. The zero-order valence-electron chi connectivity index (χ0n) is 11.9. The van der Waals surface area contributed by atoms with Crippen LogP contribution in [-0.2, 0) is 4.74 Å². The standard InChI is InChI=1S/C16H26Cl2O/c1-2-3-4-5-6-19-14-9-12-11-7-10(8-13(11)17)15(12)16(14)18/h10-16H,2-9H2,1H3. The van der Waals surface area contributed by atoms with Crippen LogP contribution in [0.25, 0.3) is 0 Å². The molecule has 7 unspecified atom stereocenters. The summed E-state index contributed by atoms with van der Waals surface area (Å²) in [6, 6.07) is 0. The van der Waals surface area contributed by atoms with Crippen molar-refractivity contribution in [2.75, 3.05) is 6.61 Å². The largest absolute Gasteiger partial charge is 0.377 e. The third-order valence-corrected chi connectivity index (χ3v) is 6.79. The molecule has 3 saturated carbocycles. The van der Waals surface area contributed by atoms with Crippen LogP contribution in [0.2, 0.25) is 0 Å². The van der Waals surface area contributed by atoms with Crippen LogP contribution < -0.4 is 0 Å². The van der Waals surface area contributed by atoms with Crippen molar-refractivity contribution in [1.29, 1.82) is 0 Å². The molecule has 0 heterocycles. The molecule has 0 N–H and O–H groups in total. The van der Waals surface area contributed by atoms with Crippen LogP contribution in [0.4, 0.5) is 0 Å². The molecule has 0 radical (unpaired) electrons. The summed E-state index contributed by atoms with van der Waals surface area (Å²) in [7, 11) is 0. The first-order chi connectivity index (χ1) is 9.22. The van der Waals surface area contributed by atoms with Crippen molar-refractivity contribution in [2.24, 2.45) is 23.7 Å². The first-order valence-corrected chi connectivity index (χ1v) is 8.99. The number of alkyl halides is 2. The van der Waals surface area contributed by atoms with E-state index in [1.165, 1.54) is 38.5 Å². The number of halogens is 2. The monoisotopic (exact) mass is 304 g/mol. The van der Waals surface area contributed by atoms with E-state index in [0.29, 0.717) is 17.4 Å². The fourth-order valence-corrected chi connectivity index (χ4v) is 5.93. The Morgan fingerprint density at radius 2 is 1.84 bits per heavy atom. The summed E-state index contributed by atoms with van der Waals surface area (Å²) in [5.74, 6) is 2.96. The van der Waals surface area contributed by atoms with Gasteiger partial charge in [0.05, 0.1) is 11.5 Å². The maximum atomic E-state index is 6.69. The van der Waals surface area contributed by atoms with Crippen molar-refractivity contribution in [2.45, 2.75) is 68.7 Å². The van der Waals surface area contributed by atoms with Gasteiger partial charge >= 0.3 is 0 Å². The van der Waals surface area contributed by atoms with E-state index in [1.54, 1.807) is 0 Å².